The van der Waals surface area contributed by atoms with E-state index in [1.54, 1.807) is 0 Å². The van der Waals surface area contributed by atoms with Gasteiger partial charge in [0, 0.05) is 11.5 Å². The molecule has 1 aromatic carbocycles. The summed E-state index contributed by atoms with van der Waals surface area (Å²) in [5.74, 6) is -1.31. The van der Waals surface area contributed by atoms with Crippen LogP contribution in [0.3, 0.4) is 0 Å². The molecule has 1 heterocycles. The quantitative estimate of drug-likeness (QED) is 0.821. The van der Waals surface area contributed by atoms with Crippen LogP contribution in [0.25, 0.3) is 0 Å². The van der Waals surface area contributed by atoms with E-state index in [0.717, 1.165) is 6.07 Å². The van der Waals surface area contributed by atoms with Gasteiger partial charge in [-0.25, -0.2) is 13.6 Å². The van der Waals surface area contributed by atoms with Crippen LogP contribution >= 0.6 is 0 Å². The lowest BCUT2D eigenvalue weighted by molar-refractivity contribution is 0.0385. The summed E-state index contributed by atoms with van der Waals surface area (Å²) in [7, 11) is 0. The highest BCUT2D eigenvalue weighted by Gasteiger charge is 2.38. The molecule has 1 saturated heterocycles. The number of cyclic esters (lactones) is 1. The topological polar surface area (TPSA) is 38.3 Å². The third-order valence-electron chi connectivity index (χ3n) is 2.84. The fraction of sp³-hybridized carbons (Fsp3) is 0.417. The first-order chi connectivity index (χ1) is 7.88. The number of hydrogen-bond donors (Lipinski definition) is 1. The maximum absolute atomic E-state index is 13.1. The van der Waals surface area contributed by atoms with Crippen molar-refractivity contribution in [3.05, 3.63) is 35.4 Å². The average Bonchev–Trinajstić information content (AvgIpc) is 2.20. The van der Waals surface area contributed by atoms with Gasteiger partial charge in [0.2, 0.25) is 0 Å². The Labute approximate surface area is 97.8 Å². The summed E-state index contributed by atoms with van der Waals surface area (Å²) in [5, 5.41) is 2.58. The van der Waals surface area contributed by atoms with Crippen molar-refractivity contribution in [2.24, 2.45) is 5.41 Å². The number of ether oxygens (including phenoxy) is 1. The van der Waals surface area contributed by atoms with Crippen LogP contribution in [0.5, 0.6) is 0 Å². The van der Waals surface area contributed by atoms with Crippen LogP contribution in [0.1, 0.15) is 25.5 Å². The van der Waals surface area contributed by atoms with Crippen LogP contribution in [0, 0.1) is 17.0 Å². The normalized spacial score (nSPS) is 22.8. The molecule has 0 bridgehead atoms. The predicted octanol–water partition coefficient (Wildman–Crippen LogP) is 2.77. The smallest absolute Gasteiger partial charge is 0.407 e. The molecule has 5 heteroatoms. The van der Waals surface area contributed by atoms with Crippen molar-refractivity contribution in [2.75, 3.05) is 6.61 Å². The van der Waals surface area contributed by atoms with E-state index in [9.17, 15) is 13.6 Å². The van der Waals surface area contributed by atoms with Crippen molar-refractivity contribution in [1.82, 2.24) is 5.32 Å². The van der Waals surface area contributed by atoms with Crippen LogP contribution in [0.4, 0.5) is 13.6 Å². The first-order valence-corrected chi connectivity index (χ1v) is 5.28. The molecule has 0 saturated carbocycles. The number of halogens is 2. The summed E-state index contributed by atoms with van der Waals surface area (Å²) in [6.07, 6.45) is -0.570. The Bertz CT molecular complexity index is 440. The van der Waals surface area contributed by atoms with Crippen molar-refractivity contribution in [2.45, 2.75) is 19.9 Å². The van der Waals surface area contributed by atoms with Gasteiger partial charge in [-0.15, -0.1) is 0 Å². The van der Waals surface area contributed by atoms with Gasteiger partial charge < -0.3 is 10.1 Å². The first kappa shape index (κ1) is 11.8. The van der Waals surface area contributed by atoms with Crippen molar-refractivity contribution >= 4 is 6.09 Å². The SMILES string of the molecule is CC1(C)COC(=O)N[C@@H]1c1cc(F)cc(F)c1. The number of hydrogen-bond acceptors (Lipinski definition) is 2. The molecule has 1 N–H and O–H groups in total. The minimum Gasteiger partial charge on any atom is -0.449 e. The third-order valence-corrected chi connectivity index (χ3v) is 2.84. The van der Waals surface area contributed by atoms with Crippen molar-refractivity contribution < 1.29 is 18.3 Å². The molecule has 17 heavy (non-hydrogen) atoms. The van der Waals surface area contributed by atoms with E-state index in [0.29, 0.717) is 5.56 Å². The summed E-state index contributed by atoms with van der Waals surface area (Å²) in [4.78, 5) is 11.2. The third kappa shape index (κ3) is 2.38. The molecule has 1 aliphatic heterocycles. The Morgan fingerprint density at radius 1 is 1.29 bits per heavy atom. The maximum Gasteiger partial charge on any atom is 0.407 e. The summed E-state index contributed by atoms with van der Waals surface area (Å²) < 4.78 is 31.2. The standard InChI is InChI=1S/C12H13F2NO2/c1-12(2)6-17-11(16)15-10(12)7-3-8(13)5-9(14)4-7/h3-5,10H,6H2,1-2H3,(H,15,16)/t10-/m1/s1. The second-order valence-corrected chi connectivity index (χ2v) is 4.84. The van der Waals surface area contributed by atoms with Gasteiger partial charge in [0.25, 0.3) is 0 Å². The Morgan fingerprint density at radius 3 is 2.47 bits per heavy atom. The second-order valence-electron chi connectivity index (χ2n) is 4.84. The van der Waals surface area contributed by atoms with Gasteiger partial charge >= 0.3 is 6.09 Å². The maximum atomic E-state index is 13.1. The van der Waals surface area contributed by atoms with Crippen LogP contribution in [-0.2, 0) is 4.74 Å². The van der Waals surface area contributed by atoms with E-state index in [1.165, 1.54) is 12.1 Å². The molecule has 1 aromatic rings. The number of rotatable bonds is 1. The van der Waals surface area contributed by atoms with Crippen LogP contribution in [-0.4, -0.2) is 12.7 Å². The first-order valence-electron chi connectivity index (χ1n) is 5.28. The summed E-state index contributed by atoms with van der Waals surface area (Å²) >= 11 is 0. The molecule has 3 nitrogen and oxygen atoms in total. The molecule has 0 aromatic heterocycles. The molecule has 1 fully saturated rings. The molecular formula is C12H13F2NO2. The summed E-state index contributed by atoms with van der Waals surface area (Å²) in [6.45, 7) is 3.93. The molecule has 0 unspecified atom stereocenters. The van der Waals surface area contributed by atoms with Gasteiger partial charge in [-0.2, -0.15) is 0 Å². The van der Waals surface area contributed by atoms with Gasteiger partial charge in [-0.3, -0.25) is 0 Å². The minimum atomic E-state index is -0.656. The van der Waals surface area contributed by atoms with E-state index < -0.39 is 29.2 Å². The van der Waals surface area contributed by atoms with Crippen molar-refractivity contribution in [3.63, 3.8) is 0 Å². The van der Waals surface area contributed by atoms with E-state index in [-0.39, 0.29) is 6.61 Å². The fourth-order valence-corrected chi connectivity index (χ4v) is 1.97. The lowest BCUT2D eigenvalue weighted by Crippen LogP contribution is -2.47. The molecule has 0 aliphatic carbocycles. The number of amides is 1. The molecule has 92 valence electrons. The lowest BCUT2D eigenvalue weighted by Gasteiger charge is -2.38. The van der Waals surface area contributed by atoms with E-state index in [4.69, 9.17) is 4.74 Å². The monoisotopic (exact) mass is 241 g/mol. The minimum absolute atomic E-state index is 0.210. The molecule has 1 amide bonds. The Hall–Kier alpha value is -1.65. The average molecular weight is 241 g/mol. The zero-order valence-electron chi connectivity index (χ0n) is 9.59. The van der Waals surface area contributed by atoms with Gasteiger partial charge in [0.15, 0.2) is 0 Å². The molecule has 1 aliphatic rings. The zero-order valence-corrected chi connectivity index (χ0v) is 9.59. The Balaban J connectivity index is 2.39. The van der Waals surface area contributed by atoms with Gasteiger partial charge in [-0.1, -0.05) is 13.8 Å². The highest BCUT2D eigenvalue weighted by molar-refractivity contribution is 5.69. The fourth-order valence-electron chi connectivity index (χ4n) is 1.97. The van der Waals surface area contributed by atoms with Crippen molar-refractivity contribution in [3.8, 4) is 0 Å². The molecular weight excluding hydrogens is 228 g/mol. The molecule has 0 spiro atoms. The van der Waals surface area contributed by atoms with E-state index in [1.807, 2.05) is 13.8 Å². The second kappa shape index (κ2) is 3.98. The zero-order chi connectivity index (χ0) is 12.6. The van der Waals surface area contributed by atoms with Crippen LogP contribution in [0.2, 0.25) is 0 Å². The van der Waals surface area contributed by atoms with Crippen LogP contribution in [0.15, 0.2) is 18.2 Å². The Morgan fingerprint density at radius 2 is 1.88 bits per heavy atom. The molecule has 2 rings (SSSR count). The Kier molecular flexibility index (Phi) is 2.77. The number of nitrogens with one attached hydrogen (secondary N) is 1. The number of carbonyl (C=O) groups is 1. The predicted molar refractivity (Wildman–Crippen MR) is 57.4 cm³/mol. The number of alkyl carbamates (subject to hydrolysis) is 1. The van der Waals surface area contributed by atoms with Gasteiger partial charge in [0.1, 0.15) is 18.2 Å². The van der Waals surface area contributed by atoms with Gasteiger partial charge in [-0.05, 0) is 17.7 Å². The van der Waals surface area contributed by atoms with Crippen LogP contribution < -0.4 is 5.32 Å². The largest absolute Gasteiger partial charge is 0.449 e. The number of carbonyl (C=O) groups excluding carboxylic acids is 1. The summed E-state index contributed by atoms with van der Waals surface area (Å²) in [5.41, 5.74) is -0.0159. The summed E-state index contributed by atoms with van der Waals surface area (Å²) in [6, 6.07) is 2.79. The lowest BCUT2D eigenvalue weighted by atomic mass is 9.80. The van der Waals surface area contributed by atoms with E-state index >= 15 is 0 Å². The van der Waals surface area contributed by atoms with Crippen molar-refractivity contribution in [1.29, 1.82) is 0 Å². The molecule has 0 radical (unpaired) electrons. The highest BCUT2D eigenvalue weighted by Crippen LogP contribution is 2.36. The highest BCUT2D eigenvalue weighted by atomic mass is 19.1. The van der Waals surface area contributed by atoms with Gasteiger partial charge in [0.05, 0.1) is 6.04 Å². The molecule has 1 atom stereocenters. The number of benzene rings is 1. The van der Waals surface area contributed by atoms with E-state index in [2.05, 4.69) is 5.32 Å².